The van der Waals surface area contributed by atoms with Crippen molar-refractivity contribution in [3.63, 3.8) is 0 Å². The van der Waals surface area contributed by atoms with Crippen LogP contribution in [0.4, 0.5) is 5.82 Å². The van der Waals surface area contributed by atoms with Crippen LogP contribution in [-0.4, -0.2) is 53.4 Å². The van der Waals surface area contributed by atoms with Gasteiger partial charge in [-0.2, -0.15) is 0 Å². The summed E-state index contributed by atoms with van der Waals surface area (Å²) in [4.78, 5) is 10.8. The third kappa shape index (κ3) is 4.12. The Bertz CT molecular complexity index is 425. The van der Waals surface area contributed by atoms with Crippen molar-refractivity contribution < 1.29 is 9.47 Å². The van der Waals surface area contributed by atoms with Crippen molar-refractivity contribution in [1.29, 1.82) is 0 Å². The zero-order valence-electron chi connectivity index (χ0n) is 11.8. The molecule has 1 aliphatic rings. The van der Waals surface area contributed by atoms with Crippen molar-refractivity contribution in [1.82, 2.24) is 14.9 Å². The number of hydrogen-bond donors (Lipinski definition) is 1. The van der Waals surface area contributed by atoms with Crippen LogP contribution in [0.2, 0.25) is 0 Å². The van der Waals surface area contributed by atoms with Crippen LogP contribution in [0.1, 0.15) is 19.7 Å². The molecule has 1 aromatic heterocycles. The Morgan fingerprint density at radius 1 is 1.58 bits per heavy atom. The van der Waals surface area contributed by atoms with E-state index < -0.39 is 0 Å². The van der Waals surface area contributed by atoms with Crippen LogP contribution in [0.25, 0.3) is 0 Å². The van der Waals surface area contributed by atoms with Crippen molar-refractivity contribution >= 4 is 5.82 Å². The molecule has 19 heavy (non-hydrogen) atoms. The highest BCUT2D eigenvalue weighted by atomic mass is 16.5. The van der Waals surface area contributed by atoms with E-state index in [0.29, 0.717) is 19.0 Å². The Labute approximate surface area is 113 Å². The zero-order valence-corrected chi connectivity index (χ0v) is 11.8. The molecule has 0 radical (unpaired) electrons. The van der Waals surface area contributed by atoms with Gasteiger partial charge in [-0.15, -0.1) is 0 Å². The van der Waals surface area contributed by atoms with E-state index in [0.717, 1.165) is 18.9 Å². The summed E-state index contributed by atoms with van der Waals surface area (Å²) < 4.78 is 11.2. The van der Waals surface area contributed by atoms with Crippen LogP contribution >= 0.6 is 0 Å². The minimum Gasteiger partial charge on any atom is -0.384 e. The Morgan fingerprint density at radius 3 is 3.05 bits per heavy atom. The SMILES string of the molecule is COC[C@H]1CN(Cc2nccc(N)n2)CC(C)(C)O1. The number of methoxy groups -OCH3 is 1. The summed E-state index contributed by atoms with van der Waals surface area (Å²) in [6.45, 7) is 7.10. The van der Waals surface area contributed by atoms with E-state index in [4.69, 9.17) is 15.2 Å². The molecule has 1 saturated heterocycles. The average molecular weight is 266 g/mol. The van der Waals surface area contributed by atoms with Crippen molar-refractivity contribution in [2.75, 3.05) is 32.5 Å². The fraction of sp³-hybridized carbons (Fsp3) is 0.692. The molecule has 1 aromatic rings. The van der Waals surface area contributed by atoms with E-state index in [-0.39, 0.29) is 11.7 Å². The van der Waals surface area contributed by atoms with E-state index in [2.05, 4.69) is 28.7 Å². The zero-order chi connectivity index (χ0) is 13.9. The van der Waals surface area contributed by atoms with E-state index in [1.165, 1.54) is 0 Å². The number of nitrogens with two attached hydrogens (primary N) is 1. The van der Waals surface area contributed by atoms with Crippen molar-refractivity contribution in [2.45, 2.75) is 32.1 Å². The maximum absolute atomic E-state index is 5.97. The van der Waals surface area contributed by atoms with Crippen LogP contribution in [0.3, 0.4) is 0 Å². The first kappa shape index (κ1) is 14.2. The van der Waals surface area contributed by atoms with Crippen LogP contribution in [0.5, 0.6) is 0 Å². The van der Waals surface area contributed by atoms with Gasteiger partial charge in [0, 0.05) is 26.4 Å². The highest BCUT2D eigenvalue weighted by Crippen LogP contribution is 2.22. The summed E-state index contributed by atoms with van der Waals surface area (Å²) in [5, 5.41) is 0. The number of anilines is 1. The molecule has 2 rings (SSSR count). The molecule has 2 heterocycles. The number of rotatable bonds is 4. The fourth-order valence-electron chi connectivity index (χ4n) is 2.50. The normalized spacial score (nSPS) is 23.4. The summed E-state index contributed by atoms with van der Waals surface area (Å²) in [6.07, 6.45) is 1.77. The molecule has 0 unspecified atom stereocenters. The first-order valence-corrected chi connectivity index (χ1v) is 6.45. The van der Waals surface area contributed by atoms with Crippen molar-refractivity contribution in [3.8, 4) is 0 Å². The lowest BCUT2D eigenvalue weighted by Gasteiger charge is -2.42. The van der Waals surface area contributed by atoms with E-state index in [1.807, 2.05) is 0 Å². The molecule has 0 saturated carbocycles. The maximum atomic E-state index is 5.97. The summed E-state index contributed by atoms with van der Waals surface area (Å²) in [6, 6.07) is 1.69. The molecule has 0 spiro atoms. The van der Waals surface area contributed by atoms with Crippen LogP contribution in [-0.2, 0) is 16.0 Å². The molecule has 0 amide bonds. The topological polar surface area (TPSA) is 73.5 Å². The van der Waals surface area contributed by atoms with Gasteiger partial charge in [-0.1, -0.05) is 0 Å². The standard InChI is InChI=1S/C13H22N4O2/c1-13(2)9-17(6-10(19-13)8-18-3)7-12-15-5-4-11(14)16-12/h4-5,10H,6-9H2,1-3H3,(H2,14,15,16)/t10-/m1/s1. The predicted octanol–water partition coefficient (Wildman–Crippen LogP) is 0.685. The van der Waals surface area contributed by atoms with Gasteiger partial charge in [0.1, 0.15) is 11.6 Å². The molecule has 1 aliphatic heterocycles. The third-order valence-corrected chi connectivity index (χ3v) is 3.00. The Balaban J connectivity index is 2.02. The van der Waals surface area contributed by atoms with Crippen LogP contribution in [0.15, 0.2) is 12.3 Å². The average Bonchev–Trinajstić information content (AvgIpc) is 2.26. The van der Waals surface area contributed by atoms with E-state index >= 15 is 0 Å². The van der Waals surface area contributed by atoms with Crippen molar-refractivity contribution in [3.05, 3.63) is 18.1 Å². The lowest BCUT2D eigenvalue weighted by Crippen LogP contribution is -2.53. The van der Waals surface area contributed by atoms with Gasteiger partial charge >= 0.3 is 0 Å². The van der Waals surface area contributed by atoms with Gasteiger partial charge in [-0.25, -0.2) is 9.97 Å². The molecular formula is C13H22N4O2. The molecule has 0 aliphatic carbocycles. The minimum absolute atomic E-state index is 0.0785. The highest BCUT2D eigenvalue weighted by Gasteiger charge is 2.33. The van der Waals surface area contributed by atoms with Crippen LogP contribution < -0.4 is 5.73 Å². The Kier molecular flexibility index (Phi) is 4.34. The van der Waals surface area contributed by atoms with E-state index in [1.54, 1.807) is 19.4 Å². The second kappa shape index (κ2) is 5.81. The fourth-order valence-corrected chi connectivity index (χ4v) is 2.50. The molecule has 2 N–H and O–H groups in total. The predicted molar refractivity (Wildman–Crippen MR) is 72.5 cm³/mol. The Morgan fingerprint density at radius 2 is 2.37 bits per heavy atom. The number of hydrogen-bond acceptors (Lipinski definition) is 6. The first-order chi connectivity index (χ1) is 8.98. The summed E-state index contributed by atoms with van der Waals surface area (Å²) in [5.74, 6) is 1.25. The summed E-state index contributed by atoms with van der Waals surface area (Å²) in [5.41, 5.74) is 5.48. The minimum atomic E-state index is -0.193. The number of morpholine rings is 1. The van der Waals surface area contributed by atoms with Gasteiger partial charge < -0.3 is 15.2 Å². The molecule has 6 nitrogen and oxygen atoms in total. The molecule has 106 valence electrons. The second-order valence-corrected chi connectivity index (χ2v) is 5.52. The number of nitrogen functional groups attached to an aromatic ring is 1. The van der Waals surface area contributed by atoms with Gasteiger partial charge in [0.25, 0.3) is 0 Å². The molecule has 1 fully saturated rings. The van der Waals surface area contributed by atoms with Crippen molar-refractivity contribution in [2.24, 2.45) is 0 Å². The molecule has 0 aromatic carbocycles. The second-order valence-electron chi connectivity index (χ2n) is 5.52. The Hall–Kier alpha value is -1.24. The number of aromatic nitrogens is 2. The lowest BCUT2D eigenvalue weighted by molar-refractivity contribution is -0.154. The monoisotopic (exact) mass is 266 g/mol. The van der Waals surface area contributed by atoms with Gasteiger partial charge in [0.2, 0.25) is 0 Å². The van der Waals surface area contributed by atoms with Gasteiger partial charge in [-0.3, -0.25) is 4.90 Å². The van der Waals surface area contributed by atoms with Crippen LogP contribution in [0, 0.1) is 0 Å². The lowest BCUT2D eigenvalue weighted by atomic mass is 10.1. The van der Waals surface area contributed by atoms with Gasteiger partial charge in [0.15, 0.2) is 0 Å². The first-order valence-electron chi connectivity index (χ1n) is 6.45. The maximum Gasteiger partial charge on any atom is 0.144 e. The third-order valence-electron chi connectivity index (χ3n) is 3.00. The largest absolute Gasteiger partial charge is 0.384 e. The highest BCUT2D eigenvalue weighted by molar-refractivity contribution is 5.24. The number of ether oxygens (including phenoxy) is 2. The molecule has 1 atom stereocenters. The quantitative estimate of drug-likeness (QED) is 0.864. The molecular weight excluding hydrogens is 244 g/mol. The summed E-state index contributed by atoms with van der Waals surface area (Å²) in [7, 11) is 1.69. The van der Waals surface area contributed by atoms with E-state index in [9.17, 15) is 0 Å². The number of nitrogens with zero attached hydrogens (tertiary/aromatic N) is 3. The molecule has 0 bridgehead atoms. The van der Waals surface area contributed by atoms with Gasteiger partial charge in [0.05, 0.1) is 24.9 Å². The molecule has 6 heteroatoms. The van der Waals surface area contributed by atoms with Gasteiger partial charge in [-0.05, 0) is 19.9 Å². The summed E-state index contributed by atoms with van der Waals surface area (Å²) >= 11 is 0. The smallest absolute Gasteiger partial charge is 0.144 e.